The number of fused-ring (bicyclic) bond motifs is 1. The molecular weight excluding hydrogens is 264 g/mol. The largest absolute Gasteiger partial charge is 0.374 e. The molecule has 1 saturated heterocycles. The lowest BCUT2D eigenvalue weighted by Gasteiger charge is -2.32. The second-order valence-electron chi connectivity index (χ2n) is 6.01. The molecule has 2 fully saturated rings. The van der Waals surface area contributed by atoms with Crippen molar-refractivity contribution in [2.24, 2.45) is 5.92 Å². The van der Waals surface area contributed by atoms with E-state index in [-0.39, 0.29) is 0 Å². The highest BCUT2D eigenvalue weighted by atomic mass is 16.5. The van der Waals surface area contributed by atoms with Gasteiger partial charge in [-0.15, -0.1) is 0 Å². The van der Waals surface area contributed by atoms with Crippen LogP contribution in [-0.2, 0) is 11.3 Å². The molecular formula is C16H26N4O. The maximum atomic E-state index is 5.47. The van der Waals surface area contributed by atoms with Crippen molar-refractivity contribution in [1.82, 2.24) is 9.97 Å². The molecule has 0 radical (unpaired) electrons. The van der Waals surface area contributed by atoms with E-state index in [4.69, 9.17) is 9.72 Å². The van der Waals surface area contributed by atoms with Gasteiger partial charge in [-0.2, -0.15) is 0 Å². The quantitative estimate of drug-likeness (QED) is 0.903. The molecule has 3 rings (SSSR count). The molecule has 0 spiro atoms. The van der Waals surface area contributed by atoms with E-state index in [9.17, 15) is 0 Å². The van der Waals surface area contributed by atoms with Crippen LogP contribution < -0.4 is 10.2 Å². The van der Waals surface area contributed by atoms with Crippen LogP contribution in [0.2, 0.25) is 0 Å². The van der Waals surface area contributed by atoms with Crippen LogP contribution in [0.15, 0.2) is 6.07 Å². The van der Waals surface area contributed by atoms with Gasteiger partial charge < -0.3 is 15.0 Å². The number of hydrogen-bond acceptors (Lipinski definition) is 5. The van der Waals surface area contributed by atoms with E-state index >= 15 is 0 Å². The van der Waals surface area contributed by atoms with Crippen LogP contribution in [0.3, 0.4) is 0 Å². The van der Waals surface area contributed by atoms with Crippen molar-refractivity contribution in [1.29, 1.82) is 0 Å². The van der Waals surface area contributed by atoms with Crippen molar-refractivity contribution in [2.75, 3.05) is 30.4 Å². The minimum absolute atomic E-state index is 0.487. The van der Waals surface area contributed by atoms with Gasteiger partial charge in [0.15, 0.2) is 5.82 Å². The Bertz CT molecular complexity index is 479. The molecule has 1 saturated carbocycles. The zero-order valence-corrected chi connectivity index (χ0v) is 13.1. The van der Waals surface area contributed by atoms with Gasteiger partial charge in [0.1, 0.15) is 18.2 Å². The summed E-state index contributed by atoms with van der Waals surface area (Å²) in [5.74, 6) is 3.59. The Balaban J connectivity index is 1.83. The lowest BCUT2D eigenvalue weighted by Crippen LogP contribution is -2.35. The zero-order valence-electron chi connectivity index (χ0n) is 13.1. The number of ether oxygens (including phenoxy) is 1. The van der Waals surface area contributed by atoms with Crippen LogP contribution in [0.25, 0.3) is 0 Å². The first kappa shape index (κ1) is 14.6. The molecule has 5 heteroatoms. The summed E-state index contributed by atoms with van der Waals surface area (Å²) < 4.78 is 5.47. The van der Waals surface area contributed by atoms with Gasteiger partial charge in [-0.1, -0.05) is 12.8 Å². The first-order chi connectivity index (χ1) is 10.3. The maximum Gasteiger partial charge on any atom is 0.158 e. The normalized spacial score (nSPS) is 25.0. The SMILES string of the molecule is CCOCc1nc(NC)cc(N2CCC3CCCCC32)n1. The van der Waals surface area contributed by atoms with Crippen LogP contribution in [-0.4, -0.2) is 36.2 Å². The average molecular weight is 290 g/mol. The Morgan fingerprint density at radius 1 is 1.29 bits per heavy atom. The van der Waals surface area contributed by atoms with Gasteiger partial charge >= 0.3 is 0 Å². The smallest absolute Gasteiger partial charge is 0.158 e. The zero-order chi connectivity index (χ0) is 14.7. The summed E-state index contributed by atoms with van der Waals surface area (Å²) in [5.41, 5.74) is 0. The minimum atomic E-state index is 0.487. The third-order valence-corrected chi connectivity index (χ3v) is 4.75. The Kier molecular flexibility index (Phi) is 4.58. The molecule has 5 nitrogen and oxygen atoms in total. The first-order valence-corrected chi connectivity index (χ1v) is 8.22. The summed E-state index contributed by atoms with van der Waals surface area (Å²) in [7, 11) is 1.91. The standard InChI is InChI=1S/C16H26N4O/c1-3-21-11-15-18-14(17-2)10-16(19-15)20-9-8-12-6-4-5-7-13(12)20/h10,12-13H,3-9,11H2,1-2H3,(H,17,18,19). The molecule has 1 N–H and O–H groups in total. The molecule has 1 aromatic heterocycles. The van der Waals surface area contributed by atoms with Crippen LogP contribution in [0.5, 0.6) is 0 Å². The molecule has 0 bridgehead atoms. The molecule has 2 aliphatic rings. The van der Waals surface area contributed by atoms with Crippen molar-refractivity contribution >= 4 is 11.6 Å². The lowest BCUT2D eigenvalue weighted by molar-refractivity contribution is 0.128. The lowest BCUT2D eigenvalue weighted by atomic mass is 9.85. The molecule has 116 valence electrons. The summed E-state index contributed by atoms with van der Waals surface area (Å²) >= 11 is 0. The topological polar surface area (TPSA) is 50.3 Å². The average Bonchev–Trinajstić information content (AvgIpc) is 2.96. The molecule has 0 amide bonds. The van der Waals surface area contributed by atoms with E-state index in [0.29, 0.717) is 19.3 Å². The van der Waals surface area contributed by atoms with Gasteiger partial charge in [-0.25, -0.2) is 9.97 Å². The maximum absolute atomic E-state index is 5.47. The molecule has 1 aliphatic carbocycles. The second-order valence-corrected chi connectivity index (χ2v) is 6.01. The molecule has 2 heterocycles. The number of aromatic nitrogens is 2. The van der Waals surface area contributed by atoms with Gasteiger partial charge in [0.05, 0.1) is 0 Å². The predicted octanol–water partition coefficient (Wildman–Crippen LogP) is 2.82. The third-order valence-electron chi connectivity index (χ3n) is 4.75. The minimum Gasteiger partial charge on any atom is -0.374 e. The van der Waals surface area contributed by atoms with Crippen molar-refractivity contribution in [3.8, 4) is 0 Å². The monoisotopic (exact) mass is 290 g/mol. The van der Waals surface area contributed by atoms with E-state index in [1.807, 2.05) is 14.0 Å². The number of anilines is 2. The van der Waals surface area contributed by atoms with Crippen molar-refractivity contribution in [2.45, 2.75) is 51.7 Å². The summed E-state index contributed by atoms with van der Waals surface area (Å²) in [6.07, 6.45) is 6.76. The van der Waals surface area contributed by atoms with E-state index in [1.165, 1.54) is 32.1 Å². The fourth-order valence-corrected chi connectivity index (χ4v) is 3.71. The Labute approximate surface area is 127 Å². The fourth-order valence-electron chi connectivity index (χ4n) is 3.71. The molecule has 2 unspecified atom stereocenters. The molecule has 1 aromatic rings. The molecule has 0 aromatic carbocycles. The van der Waals surface area contributed by atoms with Crippen LogP contribution in [0, 0.1) is 5.92 Å². The summed E-state index contributed by atoms with van der Waals surface area (Å²) in [5, 5.41) is 3.15. The Morgan fingerprint density at radius 3 is 2.95 bits per heavy atom. The van der Waals surface area contributed by atoms with Crippen molar-refractivity contribution in [3.63, 3.8) is 0 Å². The number of rotatable bonds is 5. The summed E-state index contributed by atoms with van der Waals surface area (Å²) in [6, 6.07) is 2.75. The second kappa shape index (κ2) is 6.60. The van der Waals surface area contributed by atoms with E-state index < -0.39 is 0 Å². The fraction of sp³-hybridized carbons (Fsp3) is 0.750. The highest BCUT2D eigenvalue weighted by Crippen LogP contribution is 2.38. The van der Waals surface area contributed by atoms with Crippen LogP contribution in [0.1, 0.15) is 44.9 Å². The van der Waals surface area contributed by atoms with Crippen molar-refractivity contribution in [3.05, 3.63) is 11.9 Å². The summed E-state index contributed by atoms with van der Waals surface area (Å²) in [6.45, 7) is 4.30. The number of nitrogens with zero attached hydrogens (tertiary/aromatic N) is 3. The van der Waals surface area contributed by atoms with Gasteiger partial charge in [0, 0.05) is 32.3 Å². The highest BCUT2D eigenvalue weighted by molar-refractivity contribution is 5.50. The third kappa shape index (κ3) is 3.12. The molecule has 1 aliphatic heterocycles. The van der Waals surface area contributed by atoms with E-state index in [2.05, 4.69) is 21.3 Å². The van der Waals surface area contributed by atoms with Crippen molar-refractivity contribution < 1.29 is 4.74 Å². The number of nitrogens with one attached hydrogen (secondary N) is 1. The van der Waals surface area contributed by atoms with E-state index in [0.717, 1.165) is 29.9 Å². The Morgan fingerprint density at radius 2 is 2.14 bits per heavy atom. The van der Waals surface area contributed by atoms with Gasteiger partial charge in [0.25, 0.3) is 0 Å². The number of hydrogen-bond donors (Lipinski definition) is 1. The first-order valence-electron chi connectivity index (χ1n) is 8.22. The van der Waals surface area contributed by atoms with Gasteiger partial charge in [-0.3, -0.25) is 0 Å². The summed E-state index contributed by atoms with van der Waals surface area (Å²) in [4.78, 5) is 11.7. The Hall–Kier alpha value is -1.36. The highest BCUT2D eigenvalue weighted by Gasteiger charge is 2.36. The van der Waals surface area contributed by atoms with Crippen LogP contribution in [0.4, 0.5) is 11.6 Å². The van der Waals surface area contributed by atoms with Crippen LogP contribution >= 0.6 is 0 Å². The van der Waals surface area contributed by atoms with E-state index in [1.54, 1.807) is 0 Å². The molecule has 21 heavy (non-hydrogen) atoms. The van der Waals surface area contributed by atoms with Gasteiger partial charge in [0.2, 0.25) is 0 Å². The predicted molar refractivity (Wildman–Crippen MR) is 84.6 cm³/mol. The molecule has 2 atom stereocenters. The van der Waals surface area contributed by atoms with Gasteiger partial charge in [-0.05, 0) is 32.1 Å².